The van der Waals surface area contributed by atoms with E-state index < -0.39 is 0 Å². The van der Waals surface area contributed by atoms with Crippen molar-refractivity contribution in [2.45, 2.75) is 70.8 Å². The van der Waals surface area contributed by atoms with Crippen LogP contribution in [-0.4, -0.2) is 16.9 Å². The van der Waals surface area contributed by atoms with Crippen molar-refractivity contribution in [1.29, 1.82) is 0 Å². The quantitative estimate of drug-likeness (QED) is 0.818. The molecular formula is C21H28N2O2. The lowest BCUT2D eigenvalue weighted by atomic mass is 9.95. The third kappa shape index (κ3) is 4.94. The zero-order valence-electron chi connectivity index (χ0n) is 15.3. The van der Waals surface area contributed by atoms with E-state index in [2.05, 4.69) is 48.4 Å². The predicted octanol–water partition coefficient (Wildman–Crippen LogP) is 4.85. The average Bonchev–Trinajstić information content (AvgIpc) is 3.10. The molecule has 4 heteroatoms. The lowest BCUT2D eigenvalue weighted by molar-refractivity contribution is -0.122. The number of carbonyl (C=O) groups is 1. The van der Waals surface area contributed by atoms with E-state index >= 15 is 0 Å². The van der Waals surface area contributed by atoms with Gasteiger partial charge in [-0.1, -0.05) is 57.4 Å². The highest BCUT2D eigenvalue weighted by Gasteiger charge is 2.16. The molecule has 1 N–H and O–H groups in total. The number of aromatic nitrogens is 1. The Kier molecular flexibility index (Phi) is 5.90. The largest absolute Gasteiger partial charge is 0.441 e. The summed E-state index contributed by atoms with van der Waals surface area (Å²) in [7, 11) is 0. The maximum Gasteiger partial charge on any atom is 0.220 e. The first-order valence-electron chi connectivity index (χ1n) is 9.46. The second-order valence-corrected chi connectivity index (χ2v) is 7.30. The lowest BCUT2D eigenvalue weighted by Gasteiger charge is -2.22. The van der Waals surface area contributed by atoms with E-state index in [0.717, 1.165) is 24.2 Å². The molecule has 134 valence electrons. The van der Waals surface area contributed by atoms with Crippen LogP contribution >= 0.6 is 0 Å². The van der Waals surface area contributed by atoms with E-state index in [1.54, 1.807) is 6.20 Å². The molecule has 0 atom stereocenters. The van der Waals surface area contributed by atoms with Gasteiger partial charge in [0.1, 0.15) is 0 Å². The van der Waals surface area contributed by atoms with Crippen LogP contribution in [0.2, 0.25) is 0 Å². The zero-order valence-corrected chi connectivity index (χ0v) is 15.3. The Morgan fingerprint density at radius 2 is 1.92 bits per heavy atom. The number of hydrogen-bond acceptors (Lipinski definition) is 3. The topological polar surface area (TPSA) is 55.1 Å². The molecule has 1 aliphatic carbocycles. The Balaban J connectivity index is 1.51. The number of oxazole rings is 1. The number of carbonyl (C=O) groups excluding carboxylic acids is 1. The van der Waals surface area contributed by atoms with Gasteiger partial charge in [0.2, 0.25) is 5.91 Å². The van der Waals surface area contributed by atoms with Gasteiger partial charge in [0.25, 0.3) is 0 Å². The van der Waals surface area contributed by atoms with Crippen molar-refractivity contribution in [1.82, 2.24) is 10.3 Å². The van der Waals surface area contributed by atoms with Crippen molar-refractivity contribution < 1.29 is 9.21 Å². The van der Waals surface area contributed by atoms with Crippen molar-refractivity contribution in [3.8, 4) is 11.3 Å². The van der Waals surface area contributed by atoms with Gasteiger partial charge in [0.05, 0.1) is 6.20 Å². The van der Waals surface area contributed by atoms with Crippen LogP contribution in [0.15, 0.2) is 34.9 Å². The van der Waals surface area contributed by atoms with E-state index in [0.29, 0.717) is 30.7 Å². The van der Waals surface area contributed by atoms with E-state index in [4.69, 9.17) is 4.42 Å². The van der Waals surface area contributed by atoms with Gasteiger partial charge in [-0.15, -0.1) is 0 Å². The molecule has 0 saturated heterocycles. The smallest absolute Gasteiger partial charge is 0.220 e. The fourth-order valence-corrected chi connectivity index (χ4v) is 3.36. The Morgan fingerprint density at radius 3 is 2.60 bits per heavy atom. The van der Waals surface area contributed by atoms with Crippen molar-refractivity contribution >= 4 is 5.91 Å². The maximum absolute atomic E-state index is 12.1. The number of nitrogens with one attached hydrogen (secondary N) is 1. The molecule has 1 aliphatic rings. The molecule has 2 aromatic rings. The van der Waals surface area contributed by atoms with Gasteiger partial charge in [-0.05, 0) is 24.3 Å². The Hall–Kier alpha value is -2.10. The summed E-state index contributed by atoms with van der Waals surface area (Å²) in [6.45, 7) is 4.36. The molecule has 3 rings (SSSR count). The molecule has 0 aliphatic heterocycles. The van der Waals surface area contributed by atoms with Gasteiger partial charge < -0.3 is 9.73 Å². The molecule has 0 bridgehead atoms. The van der Waals surface area contributed by atoms with Gasteiger partial charge in [-0.3, -0.25) is 4.79 Å². The summed E-state index contributed by atoms with van der Waals surface area (Å²) in [5.74, 6) is 2.01. The fraction of sp³-hybridized carbons (Fsp3) is 0.524. The van der Waals surface area contributed by atoms with E-state index in [1.807, 2.05) is 0 Å². The maximum atomic E-state index is 12.1. The van der Waals surface area contributed by atoms with Crippen LogP contribution in [0.1, 0.15) is 69.7 Å². The summed E-state index contributed by atoms with van der Waals surface area (Å²) in [6, 6.07) is 8.74. The Labute approximate surface area is 150 Å². The summed E-state index contributed by atoms with van der Waals surface area (Å²) in [5, 5.41) is 3.14. The summed E-state index contributed by atoms with van der Waals surface area (Å²) in [4.78, 5) is 16.4. The van der Waals surface area contributed by atoms with Crippen LogP contribution in [0.3, 0.4) is 0 Å². The molecule has 4 nitrogen and oxygen atoms in total. The van der Waals surface area contributed by atoms with Gasteiger partial charge in [-0.25, -0.2) is 4.98 Å². The highest BCUT2D eigenvalue weighted by Crippen LogP contribution is 2.24. The Bertz CT molecular complexity index is 682. The van der Waals surface area contributed by atoms with E-state index in [9.17, 15) is 4.79 Å². The highest BCUT2D eigenvalue weighted by atomic mass is 16.4. The third-order valence-electron chi connectivity index (χ3n) is 4.95. The fourth-order valence-electron chi connectivity index (χ4n) is 3.36. The first-order valence-corrected chi connectivity index (χ1v) is 9.46. The number of aryl methyl sites for hydroxylation is 1. The second-order valence-electron chi connectivity index (χ2n) is 7.30. The van der Waals surface area contributed by atoms with Crippen LogP contribution in [0.25, 0.3) is 11.3 Å². The molecule has 0 spiro atoms. The molecule has 1 aromatic heterocycles. The van der Waals surface area contributed by atoms with Crippen molar-refractivity contribution in [2.24, 2.45) is 0 Å². The zero-order chi connectivity index (χ0) is 17.6. The summed E-state index contributed by atoms with van der Waals surface area (Å²) < 4.78 is 5.82. The van der Waals surface area contributed by atoms with Gasteiger partial charge in [0, 0.05) is 24.4 Å². The van der Waals surface area contributed by atoms with Crippen LogP contribution in [-0.2, 0) is 11.2 Å². The van der Waals surface area contributed by atoms with Crippen LogP contribution in [0.5, 0.6) is 0 Å². The second kappa shape index (κ2) is 8.32. The molecule has 1 amide bonds. The SMILES string of the molecule is CC(C)c1ccc(-c2cnc(CCC(=O)NC3CCCCC3)o2)cc1. The molecule has 25 heavy (non-hydrogen) atoms. The Morgan fingerprint density at radius 1 is 1.20 bits per heavy atom. The molecular weight excluding hydrogens is 312 g/mol. The number of benzene rings is 1. The predicted molar refractivity (Wildman–Crippen MR) is 99.4 cm³/mol. The number of nitrogens with zero attached hydrogens (tertiary/aromatic N) is 1. The minimum atomic E-state index is 0.105. The van der Waals surface area contributed by atoms with E-state index in [1.165, 1.54) is 24.8 Å². The molecule has 1 saturated carbocycles. The standard InChI is InChI=1S/C21H28N2O2/c1-15(2)16-8-10-17(11-9-16)19-14-22-21(25-19)13-12-20(24)23-18-6-4-3-5-7-18/h8-11,14-15,18H,3-7,12-13H2,1-2H3,(H,23,24). The monoisotopic (exact) mass is 340 g/mol. The molecule has 1 heterocycles. The van der Waals surface area contributed by atoms with Crippen LogP contribution in [0, 0.1) is 0 Å². The summed E-state index contributed by atoms with van der Waals surface area (Å²) >= 11 is 0. The van der Waals surface area contributed by atoms with Crippen molar-refractivity contribution in [3.63, 3.8) is 0 Å². The summed E-state index contributed by atoms with van der Waals surface area (Å²) in [6.07, 6.45) is 8.70. The van der Waals surface area contributed by atoms with Crippen molar-refractivity contribution in [2.75, 3.05) is 0 Å². The van der Waals surface area contributed by atoms with E-state index in [-0.39, 0.29) is 5.91 Å². The van der Waals surface area contributed by atoms with Crippen LogP contribution in [0.4, 0.5) is 0 Å². The lowest BCUT2D eigenvalue weighted by Crippen LogP contribution is -2.36. The van der Waals surface area contributed by atoms with Gasteiger partial charge >= 0.3 is 0 Å². The molecule has 0 radical (unpaired) electrons. The van der Waals surface area contributed by atoms with Gasteiger partial charge in [-0.2, -0.15) is 0 Å². The minimum Gasteiger partial charge on any atom is -0.441 e. The third-order valence-corrected chi connectivity index (χ3v) is 4.95. The first kappa shape index (κ1) is 17.7. The number of hydrogen-bond donors (Lipinski definition) is 1. The average molecular weight is 340 g/mol. The molecule has 1 fully saturated rings. The van der Waals surface area contributed by atoms with Gasteiger partial charge in [0.15, 0.2) is 11.7 Å². The first-order chi connectivity index (χ1) is 12.1. The molecule has 1 aromatic carbocycles. The highest BCUT2D eigenvalue weighted by molar-refractivity contribution is 5.76. The van der Waals surface area contributed by atoms with Crippen LogP contribution < -0.4 is 5.32 Å². The normalized spacial score (nSPS) is 15.5. The number of rotatable bonds is 6. The summed E-state index contributed by atoms with van der Waals surface area (Å²) in [5.41, 5.74) is 2.33. The van der Waals surface area contributed by atoms with Crippen molar-refractivity contribution in [3.05, 3.63) is 41.9 Å². The molecule has 0 unspecified atom stereocenters. The number of amides is 1. The minimum absolute atomic E-state index is 0.105.